The van der Waals surface area contributed by atoms with Crippen molar-refractivity contribution in [3.63, 3.8) is 0 Å². The molecule has 0 amide bonds. The molecule has 1 aromatic carbocycles. The minimum atomic E-state index is 0.256. The van der Waals surface area contributed by atoms with Crippen molar-refractivity contribution in [1.82, 2.24) is 5.43 Å². The van der Waals surface area contributed by atoms with Gasteiger partial charge in [0.25, 0.3) is 0 Å². The summed E-state index contributed by atoms with van der Waals surface area (Å²) in [5, 5.41) is 7.74. The van der Waals surface area contributed by atoms with Crippen molar-refractivity contribution in [2.24, 2.45) is 5.10 Å². The van der Waals surface area contributed by atoms with Crippen molar-refractivity contribution in [1.29, 1.82) is 0 Å². The average molecular weight is 297 g/mol. The standard InChI is InChI=1S/C13H10Cl2N2S/c14-8-3-4-9(10(15)6-8)11-7-12(17-16-11)13-2-1-5-18-13/h1-6,12,17H,7H2. The second kappa shape index (κ2) is 4.92. The van der Waals surface area contributed by atoms with Crippen LogP contribution in [-0.4, -0.2) is 5.71 Å². The normalized spacial score (nSPS) is 18.6. The minimum absolute atomic E-state index is 0.256. The van der Waals surface area contributed by atoms with Gasteiger partial charge in [0.15, 0.2) is 0 Å². The van der Waals surface area contributed by atoms with Crippen LogP contribution in [0.25, 0.3) is 0 Å². The molecule has 0 aliphatic carbocycles. The fourth-order valence-corrected chi connectivity index (χ4v) is 3.28. The first kappa shape index (κ1) is 12.0. The molecule has 1 aromatic heterocycles. The molecule has 1 unspecified atom stereocenters. The van der Waals surface area contributed by atoms with Crippen LogP contribution in [0.4, 0.5) is 0 Å². The van der Waals surface area contributed by atoms with Crippen molar-refractivity contribution >= 4 is 40.3 Å². The van der Waals surface area contributed by atoms with Gasteiger partial charge in [0.1, 0.15) is 0 Å². The lowest BCUT2D eigenvalue weighted by Gasteiger charge is -2.07. The van der Waals surface area contributed by atoms with Crippen LogP contribution in [0.1, 0.15) is 22.9 Å². The summed E-state index contributed by atoms with van der Waals surface area (Å²) in [6.45, 7) is 0. The van der Waals surface area contributed by atoms with Crippen molar-refractivity contribution in [2.45, 2.75) is 12.5 Å². The Balaban J connectivity index is 1.83. The highest BCUT2D eigenvalue weighted by molar-refractivity contribution is 7.10. The quantitative estimate of drug-likeness (QED) is 0.867. The Morgan fingerprint density at radius 3 is 2.89 bits per heavy atom. The molecule has 0 fully saturated rings. The zero-order valence-corrected chi connectivity index (χ0v) is 11.7. The number of halogens is 2. The van der Waals surface area contributed by atoms with Crippen LogP contribution in [-0.2, 0) is 0 Å². The summed E-state index contributed by atoms with van der Waals surface area (Å²) in [5.41, 5.74) is 5.09. The molecule has 2 nitrogen and oxygen atoms in total. The molecule has 0 bridgehead atoms. The maximum atomic E-state index is 6.19. The van der Waals surface area contributed by atoms with Crippen molar-refractivity contribution in [3.8, 4) is 0 Å². The number of thiophene rings is 1. The highest BCUT2D eigenvalue weighted by Gasteiger charge is 2.23. The van der Waals surface area contributed by atoms with Crippen LogP contribution >= 0.6 is 34.5 Å². The number of benzene rings is 1. The van der Waals surface area contributed by atoms with Crippen LogP contribution in [0.15, 0.2) is 40.8 Å². The molecule has 2 aromatic rings. The van der Waals surface area contributed by atoms with Crippen molar-refractivity contribution in [3.05, 3.63) is 56.2 Å². The van der Waals surface area contributed by atoms with Crippen LogP contribution < -0.4 is 5.43 Å². The summed E-state index contributed by atoms with van der Waals surface area (Å²) in [7, 11) is 0. The summed E-state index contributed by atoms with van der Waals surface area (Å²) in [6, 6.07) is 9.93. The van der Waals surface area contributed by atoms with Gasteiger partial charge in [-0.2, -0.15) is 5.10 Å². The van der Waals surface area contributed by atoms with Crippen LogP contribution in [0.3, 0.4) is 0 Å². The molecule has 0 radical (unpaired) electrons. The fourth-order valence-electron chi connectivity index (χ4n) is 1.99. The van der Waals surface area contributed by atoms with Gasteiger partial charge in [-0.3, -0.25) is 0 Å². The zero-order chi connectivity index (χ0) is 12.5. The van der Waals surface area contributed by atoms with E-state index in [4.69, 9.17) is 23.2 Å². The molecule has 92 valence electrons. The lowest BCUT2D eigenvalue weighted by atomic mass is 10.0. The second-order valence-corrected chi connectivity index (χ2v) is 5.91. The Kier molecular flexibility index (Phi) is 3.29. The summed E-state index contributed by atoms with van der Waals surface area (Å²) in [6.07, 6.45) is 0.849. The number of nitrogens with one attached hydrogen (secondary N) is 1. The predicted molar refractivity (Wildman–Crippen MR) is 77.8 cm³/mol. The Morgan fingerprint density at radius 2 is 2.17 bits per heavy atom. The third-order valence-corrected chi connectivity index (χ3v) is 4.42. The van der Waals surface area contributed by atoms with Crippen molar-refractivity contribution < 1.29 is 0 Å². The molecule has 18 heavy (non-hydrogen) atoms. The Hall–Kier alpha value is -1.03. The van der Waals surface area contributed by atoms with Crippen LogP contribution in [0.2, 0.25) is 10.0 Å². The van der Waals surface area contributed by atoms with E-state index >= 15 is 0 Å². The van der Waals surface area contributed by atoms with E-state index in [1.54, 1.807) is 17.4 Å². The van der Waals surface area contributed by atoms with Crippen LogP contribution in [0, 0.1) is 0 Å². The number of hydrogen-bond acceptors (Lipinski definition) is 3. The van der Waals surface area contributed by atoms with Crippen LogP contribution in [0.5, 0.6) is 0 Å². The first-order chi connectivity index (χ1) is 8.74. The third-order valence-electron chi connectivity index (χ3n) is 2.88. The molecule has 1 atom stereocenters. The maximum absolute atomic E-state index is 6.19. The van der Waals surface area contributed by atoms with Gasteiger partial charge in [-0.25, -0.2) is 0 Å². The largest absolute Gasteiger partial charge is 0.301 e. The average Bonchev–Trinajstić information content (AvgIpc) is 2.99. The van der Waals surface area contributed by atoms with Gasteiger partial charge < -0.3 is 5.43 Å². The second-order valence-electron chi connectivity index (χ2n) is 4.08. The van der Waals surface area contributed by atoms with Gasteiger partial charge in [-0.1, -0.05) is 35.3 Å². The summed E-state index contributed by atoms with van der Waals surface area (Å²) >= 11 is 13.8. The minimum Gasteiger partial charge on any atom is -0.301 e. The van der Waals surface area contributed by atoms with Gasteiger partial charge in [-0.05, 0) is 23.6 Å². The highest BCUT2D eigenvalue weighted by atomic mass is 35.5. The summed E-state index contributed by atoms with van der Waals surface area (Å²) in [5.74, 6) is 0. The molecule has 1 N–H and O–H groups in total. The third kappa shape index (κ3) is 2.26. The van der Waals surface area contributed by atoms with E-state index < -0.39 is 0 Å². The molecule has 0 saturated heterocycles. The number of nitrogens with zero attached hydrogens (tertiary/aromatic N) is 1. The molecular formula is C13H10Cl2N2S. The SMILES string of the molecule is Clc1ccc(C2=NNC(c3cccs3)C2)c(Cl)c1. The first-order valence-corrected chi connectivity index (χ1v) is 7.18. The topological polar surface area (TPSA) is 24.4 Å². The van der Waals surface area contributed by atoms with E-state index in [-0.39, 0.29) is 6.04 Å². The molecule has 1 aliphatic heterocycles. The van der Waals surface area contributed by atoms with E-state index in [2.05, 4.69) is 28.0 Å². The maximum Gasteiger partial charge on any atom is 0.0838 e. The molecule has 0 spiro atoms. The zero-order valence-electron chi connectivity index (χ0n) is 9.36. The smallest absolute Gasteiger partial charge is 0.0838 e. The molecule has 3 rings (SSSR count). The van der Waals surface area contributed by atoms with E-state index in [0.29, 0.717) is 10.0 Å². The molecule has 0 saturated carbocycles. The highest BCUT2D eigenvalue weighted by Crippen LogP contribution is 2.30. The van der Waals surface area contributed by atoms with Crippen molar-refractivity contribution in [2.75, 3.05) is 0 Å². The number of hydrazone groups is 1. The number of hydrogen-bond donors (Lipinski definition) is 1. The Morgan fingerprint density at radius 1 is 1.28 bits per heavy atom. The van der Waals surface area contributed by atoms with Gasteiger partial charge in [0, 0.05) is 21.9 Å². The Bertz CT molecular complexity index is 593. The first-order valence-electron chi connectivity index (χ1n) is 5.55. The summed E-state index contributed by atoms with van der Waals surface area (Å²) in [4.78, 5) is 1.29. The lowest BCUT2D eigenvalue weighted by Crippen LogP contribution is -2.07. The van der Waals surface area contributed by atoms with E-state index in [0.717, 1.165) is 17.7 Å². The Labute approximate surface area is 119 Å². The van der Waals surface area contributed by atoms with Gasteiger partial charge >= 0.3 is 0 Å². The molecule has 5 heteroatoms. The van der Waals surface area contributed by atoms with Gasteiger partial charge in [0.05, 0.1) is 16.8 Å². The molecule has 2 heterocycles. The van der Waals surface area contributed by atoms with Gasteiger partial charge in [0.2, 0.25) is 0 Å². The van der Waals surface area contributed by atoms with E-state index in [1.165, 1.54) is 4.88 Å². The molecule has 1 aliphatic rings. The van der Waals surface area contributed by atoms with E-state index in [1.807, 2.05) is 12.1 Å². The molecular weight excluding hydrogens is 287 g/mol. The summed E-state index contributed by atoms with van der Waals surface area (Å²) < 4.78 is 0. The number of rotatable bonds is 2. The van der Waals surface area contributed by atoms with Gasteiger partial charge in [-0.15, -0.1) is 11.3 Å². The predicted octanol–water partition coefficient (Wildman–Crippen LogP) is 4.49. The lowest BCUT2D eigenvalue weighted by molar-refractivity contribution is 0.630. The van der Waals surface area contributed by atoms with E-state index in [9.17, 15) is 0 Å². The fraction of sp³-hybridized carbons (Fsp3) is 0.154. The monoisotopic (exact) mass is 296 g/mol.